The molecule has 0 aliphatic rings. The third-order valence-corrected chi connectivity index (χ3v) is 6.05. The number of hydrogen-bond acceptors (Lipinski definition) is 10. The van der Waals surface area contributed by atoms with Crippen molar-refractivity contribution >= 4 is 38.9 Å². The Kier molecular flexibility index (Phi) is 16.4. The number of nitrogens with zero attached hydrogens (tertiary/aromatic N) is 6. The Bertz CT molecular complexity index is 1840. The highest BCUT2D eigenvalue weighted by molar-refractivity contribution is 9.10. The van der Waals surface area contributed by atoms with E-state index < -0.39 is 0 Å². The van der Waals surface area contributed by atoms with Gasteiger partial charge in [0, 0.05) is 25.2 Å². The molecule has 4 rings (SSSR count). The molecule has 4 aromatic heterocycles. The van der Waals surface area contributed by atoms with Crippen molar-refractivity contribution in [2.24, 2.45) is 10.3 Å². The molecule has 0 N–H and O–H groups in total. The number of terminal acetylenes is 1. The van der Waals surface area contributed by atoms with E-state index in [2.05, 4.69) is 63.9 Å². The molecule has 240 valence electrons. The third-order valence-electron chi connectivity index (χ3n) is 5.61. The number of aryl methyl sites for hydroxylation is 2. The zero-order valence-corrected chi connectivity index (χ0v) is 28.7. The molecule has 0 fully saturated rings. The minimum atomic E-state index is -0.0872. The number of ketones is 2. The van der Waals surface area contributed by atoms with Crippen molar-refractivity contribution in [2.45, 2.75) is 41.5 Å². The average molecular weight is 696 g/mol. The largest absolute Gasteiger partial charge is 0.382 e. The van der Waals surface area contributed by atoms with Crippen LogP contribution in [0.4, 0.5) is 0 Å². The van der Waals surface area contributed by atoms with Crippen molar-refractivity contribution in [3.05, 3.63) is 117 Å². The quantitative estimate of drug-likeness (QED) is 0.0505. The van der Waals surface area contributed by atoms with Crippen LogP contribution in [0.15, 0.2) is 87.7 Å². The summed E-state index contributed by atoms with van der Waals surface area (Å²) in [6.07, 6.45) is 5.02. The molecule has 0 saturated carbocycles. The van der Waals surface area contributed by atoms with Crippen LogP contribution in [0.5, 0.6) is 0 Å². The summed E-state index contributed by atoms with van der Waals surface area (Å²) < 4.78 is 0.695. The van der Waals surface area contributed by atoms with Gasteiger partial charge in [-0.15, -0.1) is 6.42 Å². The van der Waals surface area contributed by atoms with Crippen LogP contribution in [0, 0.1) is 38.0 Å². The lowest BCUT2D eigenvalue weighted by Crippen LogP contribution is -2.01. The van der Waals surface area contributed by atoms with Gasteiger partial charge >= 0.3 is 0 Å². The molecule has 0 aliphatic heterocycles. The number of carbonyl (C=O) groups excluding carboxylic acids is 2. The topological polar surface area (TPSA) is 129 Å². The second-order valence-electron chi connectivity index (χ2n) is 9.60. The summed E-state index contributed by atoms with van der Waals surface area (Å²) in [5.74, 6) is 7.89. The van der Waals surface area contributed by atoms with Gasteiger partial charge in [0.15, 0.2) is 24.8 Å². The highest BCUT2D eigenvalue weighted by atomic mass is 79.9. The molecule has 10 nitrogen and oxygen atoms in total. The maximum Gasteiger partial charge on any atom is 0.178 e. The van der Waals surface area contributed by atoms with Crippen molar-refractivity contribution in [1.29, 1.82) is 0 Å². The van der Waals surface area contributed by atoms with Crippen molar-refractivity contribution < 1.29 is 19.3 Å². The Morgan fingerprint density at radius 1 is 0.681 bits per heavy atom. The molecule has 0 atom stereocenters. The van der Waals surface area contributed by atoms with Gasteiger partial charge in [-0.1, -0.05) is 46.4 Å². The Morgan fingerprint density at radius 3 is 1.62 bits per heavy atom. The summed E-state index contributed by atoms with van der Waals surface area (Å²) in [7, 11) is 0. The predicted molar refractivity (Wildman–Crippen MR) is 186 cm³/mol. The molecule has 0 bridgehead atoms. The molecular formula is C36H35BrN6O4. The maximum absolute atomic E-state index is 11.2. The van der Waals surface area contributed by atoms with Gasteiger partial charge in [-0.25, -0.2) is 9.97 Å². The summed E-state index contributed by atoms with van der Waals surface area (Å²) in [6.45, 7) is 10.8. The number of halogens is 1. The summed E-state index contributed by atoms with van der Waals surface area (Å²) in [6, 6.07) is 21.9. The van der Waals surface area contributed by atoms with Crippen molar-refractivity contribution in [1.82, 2.24) is 19.9 Å². The molecule has 4 aromatic rings. The van der Waals surface area contributed by atoms with Crippen LogP contribution < -0.4 is 0 Å². The van der Waals surface area contributed by atoms with Gasteiger partial charge < -0.3 is 9.68 Å². The Hall–Kier alpha value is -5.52. The van der Waals surface area contributed by atoms with Crippen molar-refractivity contribution in [2.75, 3.05) is 13.2 Å². The normalized spacial score (nSPS) is 10.4. The second-order valence-corrected chi connectivity index (χ2v) is 10.4. The van der Waals surface area contributed by atoms with E-state index in [4.69, 9.17) is 16.1 Å². The predicted octanol–water partition coefficient (Wildman–Crippen LogP) is 6.59. The first-order valence-corrected chi connectivity index (χ1v) is 15.0. The Morgan fingerprint density at radius 2 is 1.15 bits per heavy atom. The lowest BCUT2D eigenvalue weighted by atomic mass is 10.2. The summed E-state index contributed by atoms with van der Waals surface area (Å²) >= 11 is 3.17. The fourth-order valence-corrected chi connectivity index (χ4v) is 3.69. The number of aromatic nitrogens is 4. The van der Waals surface area contributed by atoms with E-state index in [1.807, 2.05) is 64.1 Å². The molecule has 11 heteroatoms. The standard InChI is InChI=1S/C18H17N3O2.C11H12N2O.C7H6BrNO/c1-13-7-4-10-17(19-13)14(2)21-23-12-6-9-16-8-5-11-18(20-16)15(3)22;1-4-8-14-13-10(3)11-7-5-6-9(2)12-11;1-5(10)6-3-2-4-7(8)9-6/h4-5,7-8,10-11H,12H2,1-3H3;1,5-7H,8H2,2-3H3;2-4H,1H3/b21-14+;13-10+;. The zero-order valence-electron chi connectivity index (χ0n) is 27.1. The molecule has 0 aliphatic carbocycles. The molecule has 0 aromatic carbocycles. The number of Topliss-reactive ketones (excluding diaryl/α,β-unsaturated/α-hetero) is 2. The maximum atomic E-state index is 11.2. The van der Waals surface area contributed by atoms with Crippen LogP contribution in [-0.2, 0) is 9.68 Å². The smallest absolute Gasteiger partial charge is 0.178 e. The molecule has 0 radical (unpaired) electrons. The van der Waals surface area contributed by atoms with E-state index >= 15 is 0 Å². The van der Waals surface area contributed by atoms with E-state index in [9.17, 15) is 9.59 Å². The highest BCUT2D eigenvalue weighted by Gasteiger charge is 2.02. The van der Waals surface area contributed by atoms with Crippen LogP contribution in [0.2, 0.25) is 0 Å². The fourth-order valence-electron chi connectivity index (χ4n) is 3.34. The molecule has 4 heterocycles. The summed E-state index contributed by atoms with van der Waals surface area (Å²) in [5.41, 5.74) is 6.29. The SMILES string of the molecule is C#CCO/N=C(\C)c1cccc(C)n1.CC(=O)c1cccc(Br)n1.CC(=O)c1cccc(C#CCO/N=C(\C)c2cccc(C)n2)n1. The first-order chi connectivity index (χ1) is 22.5. The summed E-state index contributed by atoms with van der Waals surface area (Å²) in [5, 5.41) is 7.83. The van der Waals surface area contributed by atoms with Gasteiger partial charge in [-0.2, -0.15) is 0 Å². The molecule has 0 unspecified atom stereocenters. The number of carbonyl (C=O) groups is 2. The van der Waals surface area contributed by atoms with E-state index in [-0.39, 0.29) is 24.8 Å². The van der Waals surface area contributed by atoms with Gasteiger partial charge in [0.25, 0.3) is 0 Å². The zero-order chi connectivity index (χ0) is 34.6. The number of rotatable bonds is 8. The highest BCUT2D eigenvalue weighted by Crippen LogP contribution is 2.06. The minimum absolute atomic E-state index is 0.0127. The van der Waals surface area contributed by atoms with E-state index in [1.54, 1.807) is 36.4 Å². The number of hydrogen-bond donors (Lipinski definition) is 0. The van der Waals surface area contributed by atoms with Crippen LogP contribution in [0.1, 0.15) is 77.1 Å². The van der Waals surface area contributed by atoms with Crippen molar-refractivity contribution in [3.8, 4) is 24.2 Å². The van der Waals surface area contributed by atoms with Gasteiger partial charge in [0.2, 0.25) is 0 Å². The van der Waals surface area contributed by atoms with E-state index in [0.29, 0.717) is 27.4 Å². The first kappa shape index (κ1) is 37.7. The van der Waals surface area contributed by atoms with Gasteiger partial charge in [-0.3, -0.25) is 19.6 Å². The molecular weight excluding hydrogens is 660 g/mol. The number of oxime groups is 2. The summed E-state index contributed by atoms with van der Waals surface area (Å²) in [4.78, 5) is 48.7. The fraction of sp³-hybridized carbons (Fsp3) is 0.222. The van der Waals surface area contributed by atoms with Crippen LogP contribution in [0.3, 0.4) is 0 Å². The van der Waals surface area contributed by atoms with Crippen LogP contribution >= 0.6 is 15.9 Å². The average Bonchev–Trinajstić information content (AvgIpc) is 3.05. The molecule has 47 heavy (non-hydrogen) atoms. The van der Waals surface area contributed by atoms with Gasteiger partial charge in [-0.05, 0) is 98.1 Å². The second kappa shape index (κ2) is 20.5. The Balaban J connectivity index is 0.000000271. The van der Waals surface area contributed by atoms with Crippen LogP contribution in [-0.4, -0.2) is 56.1 Å². The molecule has 0 saturated heterocycles. The monoisotopic (exact) mass is 694 g/mol. The lowest BCUT2D eigenvalue weighted by molar-refractivity contribution is 0.100. The molecule has 0 amide bonds. The van der Waals surface area contributed by atoms with E-state index in [1.165, 1.54) is 13.8 Å². The molecule has 0 spiro atoms. The van der Waals surface area contributed by atoms with Gasteiger partial charge in [0.05, 0.1) is 11.4 Å². The van der Waals surface area contributed by atoms with E-state index in [0.717, 1.165) is 28.5 Å². The van der Waals surface area contributed by atoms with Crippen LogP contribution in [0.25, 0.3) is 0 Å². The van der Waals surface area contributed by atoms with Gasteiger partial charge in [0.1, 0.15) is 33.1 Å². The third kappa shape index (κ3) is 14.9. The minimum Gasteiger partial charge on any atom is -0.382 e. The first-order valence-electron chi connectivity index (χ1n) is 14.2. The lowest BCUT2D eigenvalue weighted by Gasteiger charge is -2.00. The Labute approximate surface area is 283 Å². The van der Waals surface area contributed by atoms with Crippen molar-refractivity contribution in [3.63, 3.8) is 0 Å². The number of pyridine rings is 4.